The maximum Gasteiger partial charge on any atom is 0.0121 e. The lowest BCUT2D eigenvalue weighted by Crippen LogP contribution is -2.44. The zero-order valence-electron chi connectivity index (χ0n) is 11.2. The molecule has 1 heterocycles. The van der Waals surface area contributed by atoms with Gasteiger partial charge in [0, 0.05) is 18.1 Å². The van der Waals surface area contributed by atoms with E-state index in [1.54, 1.807) is 0 Å². The van der Waals surface area contributed by atoms with Crippen molar-refractivity contribution < 1.29 is 0 Å². The van der Waals surface area contributed by atoms with Crippen LogP contribution in [0.15, 0.2) is 0 Å². The fourth-order valence-electron chi connectivity index (χ4n) is 3.43. The second-order valence-corrected chi connectivity index (χ2v) is 6.53. The van der Waals surface area contributed by atoms with E-state index in [9.17, 15) is 0 Å². The second kappa shape index (κ2) is 5.05. The van der Waals surface area contributed by atoms with Crippen LogP contribution in [0.4, 0.5) is 0 Å². The van der Waals surface area contributed by atoms with Gasteiger partial charge in [-0.1, -0.05) is 20.3 Å². The predicted molar refractivity (Wildman–Crippen MR) is 69.7 cm³/mol. The van der Waals surface area contributed by atoms with Crippen molar-refractivity contribution in [3.63, 3.8) is 0 Å². The highest BCUT2D eigenvalue weighted by Gasteiger charge is 2.35. The molecule has 1 aliphatic heterocycles. The summed E-state index contributed by atoms with van der Waals surface area (Å²) in [4.78, 5) is 0. The quantitative estimate of drug-likeness (QED) is 0.767. The van der Waals surface area contributed by atoms with Gasteiger partial charge in [-0.25, -0.2) is 0 Å². The lowest BCUT2D eigenvalue weighted by Gasteiger charge is -2.31. The van der Waals surface area contributed by atoms with Gasteiger partial charge in [0.2, 0.25) is 0 Å². The molecule has 0 amide bonds. The van der Waals surface area contributed by atoms with Crippen molar-refractivity contribution >= 4 is 0 Å². The molecule has 0 spiro atoms. The van der Waals surface area contributed by atoms with Crippen LogP contribution in [-0.4, -0.2) is 24.7 Å². The summed E-state index contributed by atoms with van der Waals surface area (Å²) in [5, 5.41) is 7.45. The lowest BCUT2D eigenvalue weighted by molar-refractivity contribution is 0.256. The minimum atomic E-state index is 0.511. The molecule has 0 radical (unpaired) electrons. The summed E-state index contributed by atoms with van der Waals surface area (Å²) in [6.45, 7) is 8.41. The van der Waals surface area contributed by atoms with Gasteiger partial charge in [-0.2, -0.15) is 0 Å². The van der Waals surface area contributed by atoms with E-state index in [-0.39, 0.29) is 0 Å². The zero-order chi connectivity index (χ0) is 11.6. The zero-order valence-corrected chi connectivity index (χ0v) is 11.2. The van der Waals surface area contributed by atoms with Gasteiger partial charge in [0.15, 0.2) is 0 Å². The van der Waals surface area contributed by atoms with Crippen LogP contribution < -0.4 is 10.6 Å². The van der Waals surface area contributed by atoms with Crippen molar-refractivity contribution in [1.82, 2.24) is 10.6 Å². The molecule has 0 bridgehead atoms. The van der Waals surface area contributed by atoms with Crippen molar-refractivity contribution in [3.8, 4) is 0 Å². The normalized spacial score (nSPS) is 35.4. The lowest BCUT2D eigenvalue weighted by atomic mass is 9.87. The average molecular weight is 224 g/mol. The first kappa shape index (κ1) is 12.4. The van der Waals surface area contributed by atoms with Gasteiger partial charge >= 0.3 is 0 Å². The Hall–Kier alpha value is -0.0800. The summed E-state index contributed by atoms with van der Waals surface area (Å²) in [6, 6.07) is 2.17. The van der Waals surface area contributed by atoms with Crippen LogP contribution in [0.5, 0.6) is 0 Å². The van der Waals surface area contributed by atoms with Gasteiger partial charge in [-0.05, 0) is 51.0 Å². The fourth-order valence-corrected chi connectivity index (χ4v) is 3.43. The van der Waals surface area contributed by atoms with Crippen molar-refractivity contribution in [2.45, 2.75) is 77.4 Å². The number of hydrogen-bond donors (Lipinski definition) is 2. The first-order valence-electron chi connectivity index (χ1n) is 7.07. The highest BCUT2D eigenvalue weighted by Crippen LogP contribution is 2.37. The first-order valence-corrected chi connectivity index (χ1v) is 7.07. The molecule has 2 nitrogen and oxygen atoms in total. The third kappa shape index (κ3) is 2.98. The van der Waals surface area contributed by atoms with E-state index in [2.05, 4.69) is 31.4 Å². The van der Waals surface area contributed by atoms with Crippen LogP contribution >= 0.6 is 0 Å². The molecule has 94 valence electrons. The SMILES string of the molecule is CC(CC1CCCN1)NC1CCCC1(C)C. The summed E-state index contributed by atoms with van der Waals surface area (Å²) in [7, 11) is 0. The topological polar surface area (TPSA) is 24.1 Å². The van der Waals surface area contributed by atoms with Crippen molar-refractivity contribution in [2.75, 3.05) is 6.54 Å². The van der Waals surface area contributed by atoms with E-state index in [4.69, 9.17) is 0 Å². The fraction of sp³-hybridized carbons (Fsp3) is 1.00. The van der Waals surface area contributed by atoms with Crippen molar-refractivity contribution in [3.05, 3.63) is 0 Å². The van der Waals surface area contributed by atoms with Gasteiger partial charge in [0.1, 0.15) is 0 Å². The van der Waals surface area contributed by atoms with Gasteiger partial charge in [0.05, 0.1) is 0 Å². The summed E-state index contributed by atoms with van der Waals surface area (Å²) in [6.07, 6.45) is 8.20. The summed E-state index contributed by atoms with van der Waals surface area (Å²) < 4.78 is 0. The molecule has 16 heavy (non-hydrogen) atoms. The van der Waals surface area contributed by atoms with E-state index < -0.39 is 0 Å². The van der Waals surface area contributed by atoms with E-state index in [1.807, 2.05) is 0 Å². The smallest absolute Gasteiger partial charge is 0.0121 e. The van der Waals surface area contributed by atoms with Gasteiger partial charge < -0.3 is 10.6 Å². The van der Waals surface area contributed by atoms with E-state index in [1.165, 1.54) is 45.1 Å². The monoisotopic (exact) mass is 224 g/mol. The Morgan fingerprint density at radius 3 is 2.69 bits per heavy atom. The van der Waals surface area contributed by atoms with Gasteiger partial charge in [-0.3, -0.25) is 0 Å². The molecule has 0 aromatic rings. The Balaban J connectivity index is 1.75. The van der Waals surface area contributed by atoms with E-state index in [0.717, 1.165) is 12.1 Å². The molecule has 1 saturated heterocycles. The molecule has 1 aliphatic carbocycles. The Bertz CT molecular complexity index is 219. The molecule has 3 unspecified atom stereocenters. The number of hydrogen-bond acceptors (Lipinski definition) is 2. The van der Waals surface area contributed by atoms with E-state index in [0.29, 0.717) is 11.5 Å². The molecular formula is C14H28N2. The molecule has 2 heteroatoms. The Morgan fingerprint density at radius 1 is 1.31 bits per heavy atom. The van der Waals surface area contributed by atoms with Crippen molar-refractivity contribution in [2.24, 2.45) is 5.41 Å². The number of rotatable bonds is 4. The van der Waals surface area contributed by atoms with Crippen LogP contribution in [0.25, 0.3) is 0 Å². The molecule has 2 rings (SSSR count). The Morgan fingerprint density at radius 2 is 2.12 bits per heavy atom. The second-order valence-electron chi connectivity index (χ2n) is 6.53. The molecule has 0 aromatic carbocycles. The molecular weight excluding hydrogens is 196 g/mol. The highest BCUT2D eigenvalue weighted by molar-refractivity contribution is 4.92. The van der Waals surface area contributed by atoms with Gasteiger partial charge in [0.25, 0.3) is 0 Å². The summed E-state index contributed by atoms with van der Waals surface area (Å²) >= 11 is 0. The maximum atomic E-state index is 3.86. The largest absolute Gasteiger partial charge is 0.314 e. The predicted octanol–water partition coefficient (Wildman–Crippen LogP) is 2.69. The first-order chi connectivity index (χ1) is 7.58. The van der Waals surface area contributed by atoms with Crippen molar-refractivity contribution in [1.29, 1.82) is 0 Å². The maximum absolute atomic E-state index is 3.86. The molecule has 2 aliphatic rings. The molecule has 1 saturated carbocycles. The van der Waals surface area contributed by atoms with Crippen LogP contribution in [-0.2, 0) is 0 Å². The van der Waals surface area contributed by atoms with E-state index >= 15 is 0 Å². The van der Waals surface area contributed by atoms with Crippen LogP contribution in [0.2, 0.25) is 0 Å². The summed E-state index contributed by atoms with van der Waals surface area (Å²) in [5.74, 6) is 0. The minimum Gasteiger partial charge on any atom is -0.314 e. The molecule has 2 fully saturated rings. The average Bonchev–Trinajstić information content (AvgIpc) is 2.78. The standard InChI is InChI=1S/C14H28N2/c1-11(10-12-6-5-9-15-12)16-13-7-4-8-14(13,2)3/h11-13,15-16H,4-10H2,1-3H3. The third-order valence-corrected chi connectivity index (χ3v) is 4.54. The Labute approximate surface area is 101 Å². The van der Waals surface area contributed by atoms with Crippen LogP contribution in [0.3, 0.4) is 0 Å². The number of nitrogens with one attached hydrogen (secondary N) is 2. The van der Waals surface area contributed by atoms with Crippen LogP contribution in [0.1, 0.15) is 59.3 Å². The Kier molecular flexibility index (Phi) is 3.91. The van der Waals surface area contributed by atoms with Crippen LogP contribution in [0, 0.1) is 5.41 Å². The molecule has 2 N–H and O–H groups in total. The molecule has 3 atom stereocenters. The highest BCUT2D eigenvalue weighted by atomic mass is 15.0. The minimum absolute atomic E-state index is 0.511. The molecule has 0 aromatic heterocycles. The summed E-state index contributed by atoms with van der Waals surface area (Å²) in [5.41, 5.74) is 0.511. The third-order valence-electron chi connectivity index (χ3n) is 4.54. The van der Waals surface area contributed by atoms with Gasteiger partial charge in [-0.15, -0.1) is 0 Å².